The molecule has 1 aliphatic carbocycles. The average molecular weight is 453 g/mol. The van der Waals surface area contributed by atoms with Crippen LogP contribution in [-0.2, 0) is 14.3 Å². The van der Waals surface area contributed by atoms with E-state index in [0.29, 0.717) is 6.42 Å². The lowest BCUT2D eigenvalue weighted by Gasteiger charge is -2.29. The van der Waals surface area contributed by atoms with E-state index < -0.39 is 29.6 Å². The van der Waals surface area contributed by atoms with Gasteiger partial charge in [-0.05, 0) is 47.9 Å². The number of hydrogen-bond donors (Lipinski definition) is 3. The third-order valence-corrected chi connectivity index (χ3v) is 5.74. The molecule has 3 rings (SSSR count). The van der Waals surface area contributed by atoms with Gasteiger partial charge in [-0.1, -0.05) is 69.3 Å². The first-order chi connectivity index (χ1) is 15.4. The number of carboxylic acid groups (broad SMARTS) is 1. The molecule has 7 heteroatoms. The number of carbonyl (C=O) groups is 3. The molecule has 0 saturated heterocycles. The molecule has 0 bridgehead atoms. The van der Waals surface area contributed by atoms with Gasteiger partial charge in [0.2, 0.25) is 5.91 Å². The highest BCUT2D eigenvalue weighted by Gasteiger charge is 2.35. The Labute approximate surface area is 194 Å². The Kier molecular flexibility index (Phi) is 6.81. The zero-order chi connectivity index (χ0) is 24.4. The van der Waals surface area contributed by atoms with Crippen molar-refractivity contribution in [3.63, 3.8) is 0 Å². The third-order valence-electron chi connectivity index (χ3n) is 5.74. The molecule has 3 N–H and O–H groups in total. The van der Waals surface area contributed by atoms with Crippen LogP contribution >= 0.6 is 0 Å². The number of hydrogen-bond acceptors (Lipinski definition) is 4. The average Bonchev–Trinajstić information content (AvgIpc) is 3.04. The highest BCUT2D eigenvalue weighted by molar-refractivity contribution is 5.91. The molecule has 1 atom stereocenters. The van der Waals surface area contributed by atoms with Crippen molar-refractivity contribution >= 4 is 18.0 Å². The number of aliphatic carboxylic acids is 1. The maximum absolute atomic E-state index is 12.8. The lowest BCUT2D eigenvalue weighted by Crippen LogP contribution is -2.57. The van der Waals surface area contributed by atoms with Crippen LogP contribution in [0.25, 0.3) is 11.1 Å². The molecule has 0 spiro atoms. The van der Waals surface area contributed by atoms with E-state index in [1.54, 1.807) is 0 Å². The first-order valence-corrected chi connectivity index (χ1v) is 11.1. The Morgan fingerprint density at radius 3 is 1.94 bits per heavy atom. The second-order valence-electron chi connectivity index (χ2n) is 10.2. The molecule has 0 heterocycles. The van der Waals surface area contributed by atoms with Gasteiger partial charge in [0.25, 0.3) is 0 Å². The SMILES string of the molecule is CC(C)(C)CC(NC(=O)OCC1c2ccccc2-c2ccccc21)C(=O)NC(C)(C)C(=O)O. The summed E-state index contributed by atoms with van der Waals surface area (Å²) in [7, 11) is 0. The van der Waals surface area contributed by atoms with Crippen LogP contribution in [0.5, 0.6) is 0 Å². The Morgan fingerprint density at radius 2 is 1.45 bits per heavy atom. The van der Waals surface area contributed by atoms with Crippen LogP contribution in [0.2, 0.25) is 0 Å². The van der Waals surface area contributed by atoms with Crippen molar-refractivity contribution in [2.75, 3.05) is 6.61 Å². The monoisotopic (exact) mass is 452 g/mol. The summed E-state index contributed by atoms with van der Waals surface area (Å²) in [4.78, 5) is 36.9. The molecule has 1 unspecified atom stereocenters. The normalized spacial score (nSPS) is 14.1. The van der Waals surface area contributed by atoms with E-state index in [2.05, 4.69) is 22.8 Å². The number of ether oxygens (including phenoxy) is 1. The molecule has 2 aromatic carbocycles. The molecule has 0 fully saturated rings. The van der Waals surface area contributed by atoms with Crippen molar-refractivity contribution in [3.8, 4) is 11.1 Å². The topological polar surface area (TPSA) is 105 Å². The van der Waals surface area contributed by atoms with E-state index >= 15 is 0 Å². The van der Waals surface area contributed by atoms with Gasteiger partial charge >= 0.3 is 12.1 Å². The molecule has 0 aromatic heterocycles. The van der Waals surface area contributed by atoms with Crippen LogP contribution in [0.15, 0.2) is 48.5 Å². The number of nitrogens with one attached hydrogen (secondary N) is 2. The fraction of sp³-hybridized carbons (Fsp3) is 0.423. The maximum Gasteiger partial charge on any atom is 0.407 e. The molecular formula is C26H32N2O5. The molecule has 2 amide bonds. The van der Waals surface area contributed by atoms with Crippen LogP contribution in [0.4, 0.5) is 4.79 Å². The summed E-state index contributed by atoms with van der Waals surface area (Å²) in [5.41, 5.74) is 2.70. The van der Waals surface area contributed by atoms with E-state index in [1.807, 2.05) is 57.2 Å². The lowest BCUT2D eigenvalue weighted by molar-refractivity contribution is -0.146. The van der Waals surface area contributed by atoms with E-state index in [-0.39, 0.29) is 17.9 Å². The van der Waals surface area contributed by atoms with Crippen molar-refractivity contribution in [1.82, 2.24) is 10.6 Å². The fourth-order valence-corrected chi connectivity index (χ4v) is 4.05. The number of amides is 2. The fourth-order valence-electron chi connectivity index (χ4n) is 4.05. The zero-order valence-corrected chi connectivity index (χ0v) is 19.8. The van der Waals surface area contributed by atoms with Gasteiger partial charge in [0.15, 0.2) is 0 Å². The Morgan fingerprint density at radius 1 is 0.939 bits per heavy atom. The van der Waals surface area contributed by atoms with Gasteiger partial charge in [0, 0.05) is 5.92 Å². The number of carboxylic acids is 1. The van der Waals surface area contributed by atoms with Crippen molar-refractivity contribution in [2.24, 2.45) is 5.41 Å². The Balaban J connectivity index is 1.71. The predicted octanol–water partition coefficient (Wildman–Crippen LogP) is 4.31. The molecule has 1 aliphatic rings. The molecule has 33 heavy (non-hydrogen) atoms. The standard InChI is InChI=1S/C26H32N2O5/c1-25(2,3)14-21(22(29)28-26(4,5)23(30)31)27-24(32)33-15-20-18-12-8-6-10-16(18)17-11-7-9-13-19(17)20/h6-13,20-21H,14-15H2,1-5H3,(H,27,32)(H,28,29)(H,30,31). The van der Waals surface area contributed by atoms with Crippen LogP contribution in [-0.4, -0.2) is 41.3 Å². The molecule has 176 valence electrons. The minimum absolute atomic E-state index is 0.0935. The summed E-state index contributed by atoms with van der Waals surface area (Å²) in [5.74, 6) is -1.82. The van der Waals surface area contributed by atoms with Crippen molar-refractivity contribution in [3.05, 3.63) is 59.7 Å². The van der Waals surface area contributed by atoms with E-state index in [9.17, 15) is 19.5 Å². The van der Waals surface area contributed by atoms with E-state index in [4.69, 9.17) is 4.74 Å². The van der Waals surface area contributed by atoms with Crippen LogP contribution in [0.3, 0.4) is 0 Å². The summed E-state index contributed by atoms with van der Waals surface area (Å²) in [6.07, 6.45) is -0.395. The summed E-state index contributed by atoms with van der Waals surface area (Å²) in [6, 6.07) is 15.1. The van der Waals surface area contributed by atoms with Gasteiger partial charge in [-0.25, -0.2) is 9.59 Å². The Bertz CT molecular complexity index is 1010. The quantitative estimate of drug-likeness (QED) is 0.581. The number of rotatable bonds is 7. The summed E-state index contributed by atoms with van der Waals surface area (Å²) in [5, 5.41) is 14.5. The van der Waals surface area contributed by atoms with Crippen LogP contribution < -0.4 is 10.6 Å². The van der Waals surface area contributed by atoms with Crippen molar-refractivity contribution < 1.29 is 24.2 Å². The molecular weight excluding hydrogens is 420 g/mol. The summed E-state index contributed by atoms with van der Waals surface area (Å²) >= 11 is 0. The maximum atomic E-state index is 12.8. The molecule has 0 radical (unpaired) electrons. The highest BCUT2D eigenvalue weighted by Crippen LogP contribution is 2.44. The second kappa shape index (κ2) is 9.25. The smallest absolute Gasteiger partial charge is 0.407 e. The lowest BCUT2D eigenvalue weighted by atomic mass is 9.87. The minimum atomic E-state index is -1.46. The van der Waals surface area contributed by atoms with E-state index in [1.165, 1.54) is 13.8 Å². The van der Waals surface area contributed by atoms with E-state index in [0.717, 1.165) is 22.3 Å². The Hall–Kier alpha value is -3.35. The second-order valence-corrected chi connectivity index (χ2v) is 10.2. The first-order valence-electron chi connectivity index (χ1n) is 11.1. The van der Waals surface area contributed by atoms with Gasteiger partial charge in [-0.2, -0.15) is 0 Å². The summed E-state index contributed by atoms with van der Waals surface area (Å²) < 4.78 is 5.57. The number of carbonyl (C=O) groups excluding carboxylic acids is 2. The first kappa shape index (κ1) is 24.3. The van der Waals surface area contributed by atoms with Gasteiger partial charge in [0.05, 0.1) is 0 Å². The number of benzene rings is 2. The van der Waals surface area contributed by atoms with Crippen LogP contribution in [0, 0.1) is 5.41 Å². The molecule has 0 aliphatic heterocycles. The number of fused-ring (bicyclic) bond motifs is 3. The van der Waals surface area contributed by atoms with Gasteiger partial charge in [-0.3, -0.25) is 4.79 Å². The molecule has 0 saturated carbocycles. The predicted molar refractivity (Wildman–Crippen MR) is 126 cm³/mol. The molecule has 7 nitrogen and oxygen atoms in total. The van der Waals surface area contributed by atoms with Gasteiger partial charge in [-0.15, -0.1) is 0 Å². The minimum Gasteiger partial charge on any atom is -0.480 e. The number of alkyl carbamates (subject to hydrolysis) is 1. The van der Waals surface area contributed by atoms with Crippen molar-refractivity contribution in [1.29, 1.82) is 0 Å². The third kappa shape index (κ3) is 5.72. The van der Waals surface area contributed by atoms with Crippen LogP contribution in [0.1, 0.15) is 58.1 Å². The van der Waals surface area contributed by atoms with Gasteiger partial charge < -0.3 is 20.5 Å². The summed E-state index contributed by atoms with van der Waals surface area (Å²) in [6.45, 7) is 8.74. The highest BCUT2D eigenvalue weighted by atomic mass is 16.5. The largest absolute Gasteiger partial charge is 0.480 e. The zero-order valence-electron chi connectivity index (χ0n) is 19.8. The molecule has 2 aromatic rings. The van der Waals surface area contributed by atoms with Gasteiger partial charge in [0.1, 0.15) is 18.2 Å². The van der Waals surface area contributed by atoms with Crippen molar-refractivity contribution in [2.45, 2.75) is 58.5 Å².